The molecule has 1 aromatic carbocycles. The van der Waals surface area contributed by atoms with Crippen LogP contribution in [0.1, 0.15) is 37.3 Å². The second kappa shape index (κ2) is 6.73. The molecule has 4 heteroatoms. The number of anilines is 1. The van der Waals surface area contributed by atoms with E-state index in [1.807, 2.05) is 13.0 Å². The van der Waals surface area contributed by atoms with E-state index in [2.05, 4.69) is 4.90 Å². The largest absolute Gasteiger partial charge is 0.466 e. The minimum atomic E-state index is -0.172. The van der Waals surface area contributed by atoms with Gasteiger partial charge in [-0.3, -0.25) is 4.79 Å². The molecule has 0 aromatic heterocycles. The van der Waals surface area contributed by atoms with Crippen LogP contribution in [0.5, 0.6) is 0 Å². The minimum Gasteiger partial charge on any atom is -0.466 e. The maximum Gasteiger partial charge on any atom is 0.305 e. The van der Waals surface area contributed by atoms with Crippen LogP contribution in [0.3, 0.4) is 0 Å². The van der Waals surface area contributed by atoms with Crippen LogP contribution in [0.25, 0.3) is 0 Å². The first-order chi connectivity index (χ1) is 9.63. The van der Waals surface area contributed by atoms with E-state index in [4.69, 9.17) is 4.74 Å². The average molecular weight is 279 g/mol. The molecular formula is C16H22FNO2. The predicted octanol–water partition coefficient (Wildman–Crippen LogP) is 3.23. The van der Waals surface area contributed by atoms with Crippen molar-refractivity contribution in [2.45, 2.75) is 39.5 Å². The second-order valence-corrected chi connectivity index (χ2v) is 5.19. The van der Waals surface area contributed by atoms with Gasteiger partial charge in [0.15, 0.2) is 0 Å². The van der Waals surface area contributed by atoms with E-state index in [-0.39, 0.29) is 11.8 Å². The van der Waals surface area contributed by atoms with Crippen LogP contribution < -0.4 is 4.90 Å². The van der Waals surface area contributed by atoms with Crippen molar-refractivity contribution in [2.24, 2.45) is 0 Å². The number of hydrogen-bond donors (Lipinski definition) is 0. The highest BCUT2D eigenvalue weighted by Crippen LogP contribution is 2.32. The molecule has 1 heterocycles. The number of hydrogen-bond acceptors (Lipinski definition) is 3. The first-order valence-electron chi connectivity index (χ1n) is 7.32. The molecule has 0 unspecified atom stereocenters. The van der Waals surface area contributed by atoms with Gasteiger partial charge in [0.05, 0.1) is 12.3 Å². The van der Waals surface area contributed by atoms with E-state index < -0.39 is 0 Å². The number of benzene rings is 1. The lowest BCUT2D eigenvalue weighted by molar-refractivity contribution is -0.143. The average Bonchev–Trinajstić information content (AvgIpc) is 2.43. The first kappa shape index (κ1) is 14.8. The highest BCUT2D eigenvalue weighted by Gasteiger charge is 2.22. The molecule has 0 amide bonds. The number of carbonyl (C=O) groups is 1. The Labute approximate surface area is 119 Å². The molecule has 110 valence electrons. The molecule has 0 aliphatic carbocycles. The lowest BCUT2D eigenvalue weighted by Gasteiger charge is -2.32. The Balaban J connectivity index is 2.02. The van der Waals surface area contributed by atoms with Gasteiger partial charge in [0.25, 0.3) is 0 Å². The zero-order valence-corrected chi connectivity index (χ0v) is 12.2. The molecule has 0 atom stereocenters. The van der Waals surface area contributed by atoms with Gasteiger partial charge >= 0.3 is 5.97 Å². The van der Waals surface area contributed by atoms with E-state index in [1.165, 1.54) is 6.07 Å². The maximum atomic E-state index is 14.1. The Kier molecular flexibility index (Phi) is 4.99. The molecule has 0 spiro atoms. The molecule has 0 fully saturated rings. The normalized spacial score (nSPS) is 14.1. The van der Waals surface area contributed by atoms with Crippen molar-refractivity contribution in [3.8, 4) is 0 Å². The molecule has 0 radical (unpaired) electrons. The highest BCUT2D eigenvalue weighted by atomic mass is 19.1. The standard InChI is InChI=1S/C16H22FNO2/c1-3-20-15(19)7-5-11-18-10-4-6-13-12(2)8-9-14(17)16(13)18/h8-9H,3-7,10-11H2,1-2H3. The fourth-order valence-electron chi connectivity index (χ4n) is 2.80. The summed E-state index contributed by atoms with van der Waals surface area (Å²) in [6.45, 7) is 5.80. The third kappa shape index (κ3) is 3.30. The van der Waals surface area contributed by atoms with Crippen molar-refractivity contribution in [3.63, 3.8) is 0 Å². The number of halogens is 1. The lowest BCUT2D eigenvalue weighted by atomic mass is 9.96. The maximum absolute atomic E-state index is 14.1. The van der Waals surface area contributed by atoms with Crippen molar-refractivity contribution in [1.29, 1.82) is 0 Å². The van der Waals surface area contributed by atoms with Crippen LogP contribution >= 0.6 is 0 Å². The van der Waals surface area contributed by atoms with Crippen LogP contribution in [0.4, 0.5) is 10.1 Å². The van der Waals surface area contributed by atoms with Crippen molar-refractivity contribution in [2.75, 3.05) is 24.6 Å². The molecule has 0 saturated heterocycles. The van der Waals surface area contributed by atoms with Gasteiger partial charge in [-0.15, -0.1) is 0 Å². The Hall–Kier alpha value is -1.58. The molecule has 0 N–H and O–H groups in total. The fourth-order valence-corrected chi connectivity index (χ4v) is 2.80. The molecule has 0 bridgehead atoms. The SMILES string of the molecule is CCOC(=O)CCCN1CCCc2c(C)ccc(F)c21. The van der Waals surface area contributed by atoms with Crippen LogP contribution in [0.15, 0.2) is 12.1 Å². The summed E-state index contributed by atoms with van der Waals surface area (Å²) in [4.78, 5) is 13.4. The summed E-state index contributed by atoms with van der Waals surface area (Å²) >= 11 is 0. The van der Waals surface area contributed by atoms with Gasteiger partial charge in [-0.2, -0.15) is 0 Å². The zero-order chi connectivity index (χ0) is 14.5. The predicted molar refractivity (Wildman–Crippen MR) is 77.5 cm³/mol. The van der Waals surface area contributed by atoms with E-state index in [9.17, 15) is 9.18 Å². The number of esters is 1. The smallest absolute Gasteiger partial charge is 0.305 e. The van der Waals surface area contributed by atoms with Gasteiger partial charge in [0, 0.05) is 19.5 Å². The van der Waals surface area contributed by atoms with E-state index >= 15 is 0 Å². The summed E-state index contributed by atoms with van der Waals surface area (Å²) in [5.41, 5.74) is 3.00. The Morgan fingerprint density at radius 3 is 3.00 bits per heavy atom. The third-order valence-corrected chi connectivity index (χ3v) is 3.75. The minimum absolute atomic E-state index is 0.151. The molecule has 1 aromatic rings. The van der Waals surface area contributed by atoms with Crippen molar-refractivity contribution < 1.29 is 13.9 Å². The van der Waals surface area contributed by atoms with Gasteiger partial charge < -0.3 is 9.64 Å². The molecule has 0 saturated carbocycles. The topological polar surface area (TPSA) is 29.5 Å². The van der Waals surface area contributed by atoms with Gasteiger partial charge in [-0.05, 0) is 50.3 Å². The third-order valence-electron chi connectivity index (χ3n) is 3.75. The van der Waals surface area contributed by atoms with E-state index in [0.29, 0.717) is 26.0 Å². The van der Waals surface area contributed by atoms with Crippen molar-refractivity contribution in [3.05, 3.63) is 29.1 Å². The molecule has 1 aliphatic heterocycles. The first-order valence-corrected chi connectivity index (χ1v) is 7.32. The van der Waals surface area contributed by atoms with Crippen molar-refractivity contribution in [1.82, 2.24) is 0 Å². The number of carbonyl (C=O) groups excluding carboxylic acids is 1. The molecule has 20 heavy (non-hydrogen) atoms. The summed E-state index contributed by atoms with van der Waals surface area (Å²) in [5, 5.41) is 0. The Bertz CT molecular complexity index is 488. The van der Waals surface area contributed by atoms with Crippen LogP contribution in [0, 0.1) is 12.7 Å². The summed E-state index contributed by atoms with van der Waals surface area (Å²) in [7, 11) is 0. The number of fused-ring (bicyclic) bond motifs is 1. The number of nitrogens with zero attached hydrogens (tertiary/aromatic N) is 1. The quantitative estimate of drug-likeness (QED) is 0.775. The summed E-state index contributed by atoms with van der Waals surface area (Å²) in [6, 6.07) is 3.38. The number of aryl methyl sites for hydroxylation is 1. The van der Waals surface area contributed by atoms with Gasteiger partial charge in [-0.1, -0.05) is 6.07 Å². The Morgan fingerprint density at radius 1 is 1.45 bits per heavy atom. The lowest BCUT2D eigenvalue weighted by Crippen LogP contribution is -2.32. The zero-order valence-electron chi connectivity index (χ0n) is 12.2. The molecule has 2 rings (SSSR count). The monoisotopic (exact) mass is 279 g/mol. The fraction of sp³-hybridized carbons (Fsp3) is 0.562. The second-order valence-electron chi connectivity index (χ2n) is 5.19. The van der Waals surface area contributed by atoms with Crippen LogP contribution in [-0.4, -0.2) is 25.7 Å². The van der Waals surface area contributed by atoms with Gasteiger partial charge in [0.1, 0.15) is 5.82 Å². The molecule has 3 nitrogen and oxygen atoms in total. The Morgan fingerprint density at radius 2 is 2.25 bits per heavy atom. The highest BCUT2D eigenvalue weighted by molar-refractivity contribution is 5.69. The van der Waals surface area contributed by atoms with Crippen LogP contribution in [-0.2, 0) is 16.0 Å². The summed E-state index contributed by atoms with van der Waals surface area (Å²) in [5.74, 6) is -0.323. The number of ether oxygens (including phenoxy) is 1. The molecule has 1 aliphatic rings. The molecular weight excluding hydrogens is 257 g/mol. The van der Waals surface area contributed by atoms with Gasteiger partial charge in [0.2, 0.25) is 0 Å². The summed E-state index contributed by atoms with van der Waals surface area (Å²) < 4.78 is 19.0. The number of rotatable bonds is 5. The van der Waals surface area contributed by atoms with Gasteiger partial charge in [-0.25, -0.2) is 4.39 Å². The summed E-state index contributed by atoms with van der Waals surface area (Å²) in [6.07, 6.45) is 3.07. The van der Waals surface area contributed by atoms with E-state index in [0.717, 1.165) is 36.2 Å². The van der Waals surface area contributed by atoms with Crippen molar-refractivity contribution >= 4 is 11.7 Å². The van der Waals surface area contributed by atoms with E-state index in [1.54, 1.807) is 6.92 Å². The van der Waals surface area contributed by atoms with Crippen LogP contribution in [0.2, 0.25) is 0 Å².